The minimum absolute atomic E-state index is 0.00927. The molecule has 0 bridgehead atoms. The summed E-state index contributed by atoms with van der Waals surface area (Å²) >= 11 is 0. The van der Waals surface area contributed by atoms with Gasteiger partial charge in [-0.15, -0.1) is 0 Å². The maximum absolute atomic E-state index is 11.8. The van der Waals surface area contributed by atoms with Gasteiger partial charge >= 0.3 is 0 Å². The lowest BCUT2D eigenvalue weighted by atomic mass is 10.2. The molecule has 0 fully saturated rings. The van der Waals surface area contributed by atoms with Crippen molar-refractivity contribution < 1.29 is 9.53 Å². The molecule has 0 unspecified atom stereocenters. The third-order valence-electron chi connectivity index (χ3n) is 3.00. The van der Waals surface area contributed by atoms with Gasteiger partial charge in [0.15, 0.2) is 0 Å². The van der Waals surface area contributed by atoms with Crippen molar-refractivity contribution in [2.45, 2.75) is 19.4 Å². The highest BCUT2D eigenvalue weighted by molar-refractivity contribution is 5.90. The first kappa shape index (κ1) is 16.0. The van der Waals surface area contributed by atoms with Crippen molar-refractivity contribution in [3.05, 3.63) is 36.9 Å². The number of rotatable bonds is 9. The minimum Gasteiger partial charge on any atom is -0.492 e. The van der Waals surface area contributed by atoms with Gasteiger partial charge in [0.25, 0.3) is 0 Å². The van der Waals surface area contributed by atoms with E-state index < -0.39 is 0 Å². The van der Waals surface area contributed by atoms with E-state index in [0.717, 1.165) is 18.7 Å². The average Bonchev–Trinajstić information content (AvgIpc) is 3.01. The highest BCUT2D eigenvalue weighted by Crippen LogP contribution is 2.17. The summed E-state index contributed by atoms with van der Waals surface area (Å²) in [5, 5.41) is 9.89. The van der Waals surface area contributed by atoms with Crippen molar-refractivity contribution >= 4 is 11.6 Å². The highest BCUT2D eigenvalue weighted by atomic mass is 16.5. The Labute approximate surface area is 129 Å². The number of benzene rings is 1. The van der Waals surface area contributed by atoms with Crippen LogP contribution in [-0.2, 0) is 11.3 Å². The molecule has 2 N–H and O–H groups in total. The van der Waals surface area contributed by atoms with Gasteiger partial charge in [-0.3, -0.25) is 4.79 Å². The van der Waals surface area contributed by atoms with Crippen LogP contribution in [0.15, 0.2) is 36.9 Å². The van der Waals surface area contributed by atoms with Crippen molar-refractivity contribution in [2.24, 2.45) is 0 Å². The number of hydrogen-bond acceptors (Lipinski definition) is 5. The smallest absolute Gasteiger partial charge is 0.224 e. The SMILES string of the molecule is CNCCCC(=O)Nc1cccc(OCCn2cncn2)c1. The zero-order valence-electron chi connectivity index (χ0n) is 12.7. The highest BCUT2D eigenvalue weighted by Gasteiger charge is 2.03. The molecule has 0 aliphatic rings. The van der Waals surface area contributed by atoms with Crippen LogP contribution in [0.1, 0.15) is 12.8 Å². The Morgan fingerprint density at radius 2 is 2.32 bits per heavy atom. The molecule has 1 heterocycles. The van der Waals surface area contributed by atoms with Crippen molar-refractivity contribution in [3.63, 3.8) is 0 Å². The number of anilines is 1. The van der Waals surface area contributed by atoms with Crippen LogP contribution in [-0.4, -0.2) is 40.9 Å². The Hall–Kier alpha value is -2.41. The minimum atomic E-state index is 0.00927. The summed E-state index contributed by atoms with van der Waals surface area (Å²) in [5.41, 5.74) is 0.743. The number of aromatic nitrogens is 3. The molecule has 1 aromatic heterocycles. The average molecular weight is 303 g/mol. The molecule has 0 saturated carbocycles. The van der Waals surface area contributed by atoms with E-state index in [1.807, 2.05) is 31.3 Å². The van der Waals surface area contributed by atoms with E-state index in [1.165, 1.54) is 6.33 Å². The van der Waals surface area contributed by atoms with E-state index in [1.54, 1.807) is 11.0 Å². The van der Waals surface area contributed by atoms with Crippen LogP contribution < -0.4 is 15.4 Å². The third kappa shape index (κ3) is 5.53. The van der Waals surface area contributed by atoms with E-state index in [4.69, 9.17) is 4.74 Å². The fourth-order valence-electron chi connectivity index (χ4n) is 1.92. The second kappa shape index (κ2) is 8.78. The van der Waals surface area contributed by atoms with E-state index in [-0.39, 0.29) is 5.91 Å². The Balaban J connectivity index is 1.77. The molecule has 7 nitrogen and oxygen atoms in total. The molecule has 0 radical (unpaired) electrons. The lowest BCUT2D eigenvalue weighted by Gasteiger charge is -2.09. The largest absolute Gasteiger partial charge is 0.492 e. The molecular formula is C15H21N5O2. The van der Waals surface area contributed by atoms with Gasteiger partial charge in [0.05, 0.1) is 6.54 Å². The molecule has 0 spiro atoms. The third-order valence-corrected chi connectivity index (χ3v) is 3.00. The number of nitrogens with zero attached hydrogens (tertiary/aromatic N) is 3. The Morgan fingerprint density at radius 1 is 1.41 bits per heavy atom. The van der Waals surface area contributed by atoms with Crippen LogP contribution in [0.2, 0.25) is 0 Å². The van der Waals surface area contributed by atoms with Gasteiger partial charge in [0.1, 0.15) is 25.0 Å². The second-order valence-electron chi connectivity index (χ2n) is 4.79. The van der Waals surface area contributed by atoms with Crippen LogP contribution >= 0.6 is 0 Å². The monoisotopic (exact) mass is 303 g/mol. The summed E-state index contributed by atoms with van der Waals surface area (Å²) in [5.74, 6) is 0.725. The number of amides is 1. The van der Waals surface area contributed by atoms with Gasteiger partial charge in [-0.05, 0) is 32.1 Å². The summed E-state index contributed by atoms with van der Waals surface area (Å²) in [6, 6.07) is 7.38. The van der Waals surface area contributed by atoms with Crippen molar-refractivity contribution in [3.8, 4) is 5.75 Å². The molecule has 2 rings (SSSR count). The molecule has 0 atom stereocenters. The second-order valence-corrected chi connectivity index (χ2v) is 4.79. The Kier molecular flexibility index (Phi) is 6.38. The normalized spacial score (nSPS) is 10.4. The number of ether oxygens (including phenoxy) is 1. The maximum atomic E-state index is 11.8. The maximum Gasteiger partial charge on any atom is 0.224 e. The van der Waals surface area contributed by atoms with Crippen molar-refractivity contribution in [2.75, 3.05) is 25.5 Å². The van der Waals surface area contributed by atoms with Gasteiger partial charge < -0.3 is 15.4 Å². The fraction of sp³-hybridized carbons (Fsp3) is 0.400. The Bertz CT molecular complexity index is 571. The van der Waals surface area contributed by atoms with Gasteiger partial charge in [0, 0.05) is 18.2 Å². The van der Waals surface area contributed by atoms with Crippen LogP contribution in [0.4, 0.5) is 5.69 Å². The van der Waals surface area contributed by atoms with Gasteiger partial charge in [-0.2, -0.15) is 5.10 Å². The first-order chi connectivity index (χ1) is 10.8. The summed E-state index contributed by atoms with van der Waals surface area (Å²) in [6.45, 7) is 1.95. The van der Waals surface area contributed by atoms with E-state index in [2.05, 4.69) is 20.7 Å². The summed E-state index contributed by atoms with van der Waals surface area (Å²) in [4.78, 5) is 15.6. The predicted octanol–water partition coefficient (Wildman–Crippen LogP) is 1.30. The number of nitrogens with one attached hydrogen (secondary N) is 2. The standard InChI is InChI=1S/C15H21N5O2/c1-16-7-3-6-15(21)19-13-4-2-5-14(10-13)22-9-8-20-12-17-11-18-20/h2,4-5,10-12,16H,3,6-9H2,1H3,(H,19,21). The number of carbonyl (C=O) groups is 1. The van der Waals surface area contributed by atoms with E-state index in [9.17, 15) is 4.79 Å². The molecule has 0 aliphatic heterocycles. The van der Waals surface area contributed by atoms with Gasteiger partial charge in [0.2, 0.25) is 5.91 Å². The molecule has 1 aromatic carbocycles. The number of carbonyl (C=O) groups excluding carboxylic acids is 1. The molecule has 22 heavy (non-hydrogen) atoms. The van der Waals surface area contributed by atoms with Crippen molar-refractivity contribution in [1.82, 2.24) is 20.1 Å². The lowest BCUT2D eigenvalue weighted by Crippen LogP contribution is -2.15. The number of hydrogen-bond donors (Lipinski definition) is 2. The van der Waals surface area contributed by atoms with E-state index >= 15 is 0 Å². The first-order valence-electron chi connectivity index (χ1n) is 7.27. The summed E-state index contributed by atoms with van der Waals surface area (Å²) < 4.78 is 7.35. The molecule has 118 valence electrons. The zero-order valence-corrected chi connectivity index (χ0v) is 12.7. The van der Waals surface area contributed by atoms with Crippen LogP contribution in [0.5, 0.6) is 5.75 Å². The van der Waals surface area contributed by atoms with Crippen LogP contribution in [0, 0.1) is 0 Å². The Morgan fingerprint density at radius 3 is 3.09 bits per heavy atom. The van der Waals surface area contributed by atoms with Crippen LogP contribution in [0.3, 0.4) is 0 Å². The fourth-order valence-corrected chi connectivity index (χ4v) is 1.92. The van der Waals surface area contributed by atoms with E-state index in [0.29, 0.717) is 25.3 Å². The quantitative estimate of drug-likeness (QED) is 0.682. The van der Waals surface area contributed by atoms with Crippen molar-refractivity contribution in [1.29, 1.82) is 0 Å². The molecule has 2 aromatic rings. The van der Waals surface area contributed by atoms with Crippen LogP contribution in [0.25, 0.3) is 0 Å². The summed E-state index contributed by atoms with van der Waals surface area (Å²) in [7, 11) is 1.87. The van der Waals surface area contributed by atoms with Gasteiger partial charge in [-0.1, -0.05) is 6.07 Å². The topological polar surface area (TPSA) is 81.1 Å². The van der Waals surface area contributed by atoms with Gasteiger partial charge in [-0.25, -0.2) is 9.67 Å². The lowest BCUT2D eigenvalue weighted by molar-refractivity contribution is -0.116. The molecular weight excluding hydrogens is 282 g/mol. The molecule has 1 amide bonds. The molecule has 0 saturated heterocycles. The first-order valence-corrected chi connectivity index (χ1v) is 7.27. The molecule has 7 heteroatoms. The predicted molar refractivity (Wildman–Crippen MR) is 83.7 cm³/mol. The molecule has 0 aliphatic carbocycles. The summed E-state index contributed by atoms with van der Waals surface area (Å²) in [6.07, 6.45) is 4.45. The zero-order chi connectivity index (χ0) is 15.6.